The largest absolute Gasteiger partial charge is 0.416 e. The van der Waals surface area contributed by atoms with Crippen molar-refractivity contribution in [2.24, 2.45) is 17.2 Å². The number of carbonyl (C=O) groups is 3. The lowest BCUT2D eigenvalue weighted by atomic mass is 9.99. The normalized spacial score (nSPS) is 14.3. The molecule has 0 saturated heterocycles. The highest BCUT2D eigenvalue weighted by Crippen LogP contribution is 2.30. The summed E-state index contributed by atoms with van der Waals surface area (Å²) in [6, 6.07) is 5.00. The van der Waals surface area contributed by atoms with E-state index in [1.807, 2.05) is 0 Å². The number of nitrogens with zero attached hydrogens (tertiary/aromatic N) is 1. The number of alkyl halides is 3. The van der Waals surface area contributed by atoms with Crippen LogP contribution in [0.3, 0.4) is 0 Å². The van der Waals surface area contributed by atoms with E-state index in [0.29, 0.717) is 12.1 Å². The molecule has 45 heavy (non-hydrogen) atoms. The Bertz CT molecular complexity index is 1410. The molecule has 2 rings (SSSR count). The predicted molar refractivity (Wildman–Crippen MR) is 161 cm³/mol. The lowest BCUT2D eigenvalue weighted by Gasteiger charge is -2.26. The van der Waals surface area contributed by atoms with Crippen LogP contribution in [-0.4, -0.2) is 79.9 Å². The summed E-state index contributed by atoms with van der Waals surface area (Å²) in [7, 11) is -3.89. The van der Waals surface area contributed by atoms with Gasteiger partial charge in [-0.15, -0.1) is 0 Å². The average Bonchev–Trinajstić information content (AvgIpc) is 2.93. The van der Waals surface area contributed by atoms with Crippen molar-refractivity contribution >= 4 is 33.4 Å². The zero-order chi connectivity index (χ0) is 34.2. The summed E-state index contributed by atoms with van der Waals surface area (Å²) in [6.45, 7) is 5.57. The van der Waals surface area contributed by atoms with Crippen molar-refractivity contribution < 1.29 is 41.1 Å². The van der Waals surface area contributed by atoms with Crippen LogP contribution >= 0.6 is 0 Å². The van der Waals surface area contributed by atoms with Crippen LogP contribution in [0, 0.1) is 0 Å². The number of carbonyl (C=O) groups excluding carboxylic acids is 3. The van der Waals surface area contributed by atoms with E-state index in [2.05, 4.69) is 15.4 Å². The maximum Gasteiger partial charge on any atom is 0.416 e. The number of hydrogen-bond acceptors (Lipinski definition) is 9. The van der Waals surface area contributed by atoms with Gasteiger partial charge >= 0.3 is 6.18 Å². The van der Waals surface area contributed by atoms with E-state index in [9.17, 15) is 41.1 Å². The van der Waals surface area contributed by atoms with Crippen molar-refractivity contribution in [2.45, 2.75) is 62.0 Å². The summed E-state index contributed by atoms with van der Waals surface area (Å²) in [6.07, 6.45) is -7.01. The Balaban J connectivity index is 2.32. The van der Waals surface area contributed by atoms with Crippen LogP contribution in [0.5, 0.6) is 0 Å². The van der Waals surface area contributed by atoms with Gasteiger partial charge in [-0.2, -0.15) is 13.2 Å². The third-order valence-corrected chi connectivity index (χ3v) is 8.00. The summed E-state index contributed by atoms with van der Waals surface area (Å²) >= 11 is 0. The molecule has 2 aromatic rings. The molecule has 0 aromatic heterocycles. The highest BCUT2D eigenvalue weighted by Gasteiger charge is 2.34. The number of nitrogens with two attached hydrogens (primary N) is 3. The molecule has 3 atom stereocenters. The molecule has 0 fully saturated rings. The zero-order valence-corrected chi connectivity index (χ0v) is 25.9. The number of nitrogens with one attached hydrogen (secondary N) is 3. The van der Waals surface area contributed by atoms with Crippen LogP contribution in [0.25, 0.3) is 0 Å². The maximum absolute atomic E-state index is 13.3. The molecule has 10 N–H and O–H groups in total. The molecule has 17 heteroatoms. The van der Waals surface area contributed by atoms with Crippen molar-refractivity contribution in [3.05, 3.63) is 59.7 Å². The third-order valence-electron chi connectivity index (χ3n) is 6.23. The second kappa shape index (κ2) is 15.6. The van der Waals surface area contributed by atoms with E-state index in [-0.39, 0.29) is 42.3 Å². The van der Waals surface area contributed by atoms with Gasteiger partial charge in [0.05, 0.1) is 22.9 Å². The number of sulfonamides is 1. The molecule has 0 unspecified atom stereocenters. The Kier molecular flexibility index (Phi) is 13.0. The Morgan fingerprint density at radius 2 is 1.44 bits per heavy atom. The maximum atomic E-state index is 13.3. The van der Waals surface area contributed by atoms with Crippen LogP contribution in [0.15, 0.2) is 53.4 Å². The van der Waals surface area contributed by atoms with Crippen LogP contribution < -0.4 is 32.6 Å². The van der Waals surface area contributed by atoms with Crippen LogP contribution in [0.2, 0.25) is 0 Å². The first-order valence-corrected chi connectivity index (χ1v) is 15.3. The predicted octanol–water partition coefficient (Wildman–Crippen LogP) is 0.403. The van der Waals surface area contributed by atoms with Crippen molar-refractivity contribution in [3.63, 3.8) is 0 Å². The Labute approximate surface area is 259 Å². The first-order valence-electron chi connectivity index (χ1n) is 13.8. The highest BCUT2D eigenvalue weighted by molar-refractivity contribution is 7.89. The lowest BCUT2D eigenvalue weighted by Crippen LogP contribution is -2.53. The van der Waals surface area contributed by atoms with Crippen molar-refractivity contribution in [1.82, 2.24) is 14.9 Å². The van der Waals surface area contributed by atoms with E-state index in [1.54, 1.807) is 20.8 Å². The molecule has 0 radical (unpaired) electrons. The van der Waals surface area contributed by atoms with E-state index >= 15 is 0 Å². The molecular weight excluding hydrogens is 619 g/mol. The molecule has 3 amide bonds. The molecule has 0 aliphatic rings. The molecule has 250 valence electrons. The van der Waals surface area contributed by atoms with E-state index < -0.39 is 69.6 Å². The molecule has 0 aliphatic carbocycles. The van der Waals surface area contributed by atoms with Crippen LogP contribution in [-0.2, 0) is 30.6 Å². The number of rotatable bonds is 14. The van der Waals surface area contributed by atoms with Crippen molar-refractivity contribution in [2.75, 3.05) is 31.5 Å². The van der Waals surface area contributed by atoms with Gasteiger partial charge in [-0.25, -0.2) is 13.1 Å². The first kappa shape index (κ1) is 37.6. The van der Waals surface area contributed by atoms with Crippen LogP contribution in [0.4, 0.5) is 18.9 Å². The van der Waals surface area contributed by atoms with Gasteiger partial charge < -0.3 is 37.8 Å². The van der Waals surface area contributed by atoms with Gasteiger partial charge in [-0.05, 0) is 62.7 Å². The summed E-state index contributed by atoms with van der Waals surface area (Å²) in [5, 5.41) is 15.7. The molecule has 2 aromatic carbocycles. The van der Waals surface area contributed by atoms with Gasteiger partial charge in [0.1, 0.15) is 12.1 Å². The number of benzene rings is 2. The average molecular weight is 660 g/mol. The number of hydrogen-bond donors (Lipinski definition) is 7. The molecule has 13 nitrogen and oxygen atoms in total. The minimum absolute atomic E-state index is 0.0762. The Morgan fingerprint density at radius 3 is 1.91 bits per heavy atom. The quantitative estimate of drug-likeness (QED) is 0.149. The van der Waals surface area contributed by atoms with Crippen LogP contribution in [0.1, 0.15) is 44.4 Å². The fraction of sp³-hybridized carbons (Fsp3) is 0.464. The Hall–Kier alpha value is -3.61. The molecular formula is C28H40F3N7O6S. The number of aliphatic hydroxyl groups is 1. The van der Waals surface area contributed by atoms with E-state index in [0.717, 1.165) is 12.1 Å². The number of amides is 3. The summed E-state index contributed by atoms with van der Waals surface area (Å²) in [5.74, 6) is -2.55. The highest BCUT2D eigenvalue weighted by atomic mass is 32.2. The Morgan fingerprint density at radius 1 is 0.911 bits per heavy atom. The van der Waals surface area contributed by atoms with Gasteiger partial charge in [-0.3, -0.25) is 14.4 Å². The SMILES string of the molecule is CC(C)(C)NS(=O)(=O)c1ccc(NC(=O)[C@@H](NC(=O)[C@@H](N)CC(=O)N(CCN)CCN)[C@H](O)c2ccc(C(F)(F)F)cc2)cc1. The fourth-order valence-electron chi connectivity index (χ4n) is 4.09. The zero-order valence-electron chi connectivity index (χ0n) is 25.1. The number of anilines is 1. The monoisotopic (exact) mass is 659 g/mol. The number of aliphatic hydroxyl groups excluding tert-OH is 1. The minimum atomic E-state index is -4.66. The summed E-state index contributed by atoms with van der Waals surface area (Å²) in [5.41, 5.74) is 15.1. The van der Waals surface area contributed by atoms with Gasteiger partial charge in [0, 0.05) is 37.4 Å². The molecule has 0 bridgehead atoms. The van der Waals surface area contributed by atoms with Crippen molar-refractivity contribution in [3.8, 4) is 0 Å². The molecule has 0 aliphatic heterocycles. The third kappa shape index (κ3) is 11.4. The minimum Gasteiger partial charge on any atom is -0.386 e. The number of halogens is 3. The standard InChI is InChI=1S/C28H40F3N7O6S/c1-27(2,3)37-45(43,44)20-10-8-19(9-11-20)35-26(42)23(24(40)17-4-6-18(7-5-17)28(29,30)31)36-25(41)21(34)16-22(39)38(14-12-32)15-13-33/h4-11,21,23-24,37,40H,12-16,32-34H2,1-3H3,(H,35,42)(H,36,41)/t21-,23-,24+/m0/s1. The fourth-order valence-corrected chi connectivity index (χ4v) is 5.51. The van der Waals surface area contributed by atoms with E-state index in [4.69, 9.17) is 17.2 Å². The molecule has 0 spiro atoms. The summed E-state index contributed by atoms with van der Waals surface area (Å²) < 4.78 is 66.9. The summed E-state index contributed by atoms with van der Waals surface area (Å²) in [4.78, 5) is 40.2. The topological polar surface area (TPSA) is 223 Å². The van der Waals surface area contributed by atoms with Gasteiger partial charge in [0.15, 0.2) is 0 Å². The van der Waals surface area contributed by atoms with E-state index in [1.165, 1.54) is 29.2 Å². The first-order chi connectivity index (χ1) is 20.8. The second-order valence-corrected chi connectivity index (χ2v) is 12.9. The smallest absolute Gasteiger partial charge is 0.386 e. The van der Waals surface area contributed by atoms with Gasteiger partial charge in [-0.1, -0.05) is 12.1 Å². The second-order valence-electron chi connectivity index (χ2n) is 11.2. The van der Waals surface area contributed by atoms with Gasteiger partial charge in [0.2, 0.25) is 27.7 Å². The van der Waals surface area contributed by atoms with Gasteiger partial charge in [0.25, 0.3) is 0 Å². The van der Waals surface area contributed by atoms with Crippen molar-refractivity contribution in [1.29, 1.82) is 0 Å². The molecule has 0 heterocycles. The molecule has 0 saturated carbocycles. The lowest BCUT2D eigenvalue weighted by molar-refractivity contribution is -0.137.